The van der Waals surface area contributed by atoms with E-state index in [4.69, 9.17) is 5.11 Å². The number of aliphatic hydroxyl groups is 1. The Morgan fingerprint density at radius 2 is 1.57 bits per heavy atom. The van der Waals surface area contributed by atoms with E-state index in [0.29, 0.717) is 19.4 Å². The standard InChI is InChI=1S/C16H23NO4/c18-13-17(12-14-8-4-3-5-9-14)15(19)10-6-1-2-7-11-16(20)21/h3-5,8-9,18H,1-2,6-7,10-13H2,(H,20,21). The number of hydrogen-bond donors (Lipinski definition) is 2. The van der Waals surface area contributed by atoms with Gasteiger partial charge in [-0.2, -0.15) is 0 Å². The Labute approximate surface area is 125 Å². The molecule has 0 aliphatic carbocycles. The third-order valence-corrected chi connectivity index (χ3v) is 3.27. The first-order valence-electron chi connectivity index (χ1n) is 7.28. The molecule has 0 unspecified atom stereocenters. The van der Waals surface area contributed by atoms with Gasteiger partial charge in [0.05, 0.1) is 0 Å². The Balaban J connectivity index is 2.24. The van der Waals surface area contributed by atoms with E-state index in [2.05, 4.69) is 0 Å². The molecule has 0 aromatic heterocycles. The number of aliphatic carboxylic acids is 1. The number of hydrogen-bond acceptors (Lipinski definition) is 3. The molecule has 5 nitrogen and oxygen atoms in total. The van der Waals surface area contributed by atoms with Gasteiger partial charge in [-0.1, -0.05) is 43.2 Å². The lowest BCUT2D eigenvalue weighted by atomic mass is 10.1. The number of carbonyl (C=O) groups excluding carboxylic acids is 1. The molecule has 0 aliphatic rings. The van der Waals surface area contributed by atoms with Crippen LogP contribution in [0.1, 0.15) is 44.1 Å². The highest BCUT2D eigenvalue weighted by Crippen LogP contribution is 2.10. The van der Waals surface area contributed by atoms with E-state index in [0.717, 1.165) is 24.8 Å². The summed E-state index contributed by atoms with van der Waals surface area (Å²) in [6, 6.07) is 9.55. The molecule has 0 spiro atoms. The SMILES string of the molecule is O=C(O)CCCCCCC(=O)N(CO)Cc1ccccc1. The van der Waals surface area contributed by atoms with Crippen molar-refractivity contribution in [1.82, 2.24) is 4.90 Å². The monoisotopic (exact) mass is 293 g/mol. The first-order valence-corrected chi connectivity index (χ1v) is 7.28. The van der Waals surface area contributed by atoms with E-state index in [1.54, 1.807) is 0 Å². The summed E-state index contributed by atoms with van der Waals surface area (Å²) < 4.78 is 0. The molecule has 5 heteroatoms. The second-order valence-electron chi connectivity index (χ2n) is 5.03. The Morgan fingerprint density at radius 3 is 2.14 bits per heavy atom. The predicted molar refractivity (Wildman–Crippen MR) is 79.4 cm³/mol. The third kappa shape index (κ3) is 7.46. The van der Waals surface area contributed by atoms with Gasteiger partial charge in [0.25, 0.3) is 0 Å². The summed E-state index contributed by atoms with van der Waals surface area (Å²) in [4.78, 5) is 23.8. The van der Waals surface area contributed by atoms with Crippen molar-refractivity contribution >= 4 is 11.9 Å². The van der Waals surface area contributed by atoms with Crippen LogP contribution in [0.4, 0.5) is 0 Å². The molecule has 1 rings (SSSR count). The van der Waals surface area contributed by atoms with Crippen molar-refractivity contribution < 1.29 is 19.8 Å². The van der Waals surface area contributed by atoms with E-state index in [1.807, 2.05) is 30.3 Å². The van der Waals surface area contributed by atoms with Crippen LogP contribution in [-0.2, 0) is 16.1 Å². The summed E-state index contributed by atoms with van der Waals surface area (Å²) in [5, 5.41) is 17.8. The number of nitrogens with zero attached hydrogens (tertiary/aromatic N) is 1. The molecule has 0 fully saturated rings. The van der Waals surface area contributed by atoms with Crippen molar-refractivity contribution in [3.63, 3.8) is 0 Å². The molecule has 2 N–H and O–H groups in total. The van der Waals surface area contributed by atoms with Gasteiger partial charge in [-0.25, -0.2) is 0 Å². The van der Waals surface area contributed by atoms with Crippen molar-refractivity contribution in [3.8, 4) is 0 Å². The fourth-order valence-electron chi connectivity index (χ4n) is 2.08. The quantitative estimate of drug-likeness (QED) is 0.513. The van der Waals surface area contributed by atoms with E-state index >= 15 is 0 Å². The normalized spacial score (nSPS) is 10.3. The van der Waals surface area contributed by atoms with Crippen molar-refractivity contribution in [3.05, 3.63) is 35.9 Å². The fourth-order valence-corrected chi connectivity index (χ4v) is 2.08. The summed E-state index contributed by atoms with van der Waals surface area (Å²) >= 11 is 0. The van der Waals surface area contributed by atoms with Gasteiger partial charge in [0, 0.05) is 19.4 Å². The second kappa shape index (κ2) is 9.94. The minimum atomic E-state index is -0.777. The molecule has 0 heterocycles. The average Bonchev–Trinajstić information content (AvgIpc) is 2.48. The highest BCUT2D eigenvalue weighted by Gasteiger charge is 2.12. The number of amides is 1. The zero-order valence-corrected chi connectivity index (χ0v) is 12.2. The average molecular weight is 293 g/mol. The minimum Gasteiger partial charge on any atom is -0.481 e. The zero-order valence-electron chi connectivity index (χ0n) is 12.2. The smallest absolute Gasteiger partial charge is 0.303 e. The largest absolute Gasteiger partial charge is 0.481 e. The molecular weight excluding hydrogens is 270 g/mol. The lowest BCUT2D eigenvalue weighted by Gasteiger charge is -2.20. The number of carboxylic acids is 1. The maximum Gasteiger partial charge on any atom is 0.303 e. The Hall–Kier alpha value is -1.88. The number of carbonyl (C=O) groups is 2. The second-order valence-corrected chi connectivity index (χ2v) is 5.03. The van der Waals surface area contributed by atoms with Crippen LogP contribution in [-0.4, -0.2) is 33.7 Å². The number of aliphatic hydroxyl groups excluding tert-OH is 1. The Kier molecular flexibility index (Phi) is 8.12. The summed E-state index contributed by atoms with van der Waals surface area (Å²) in [5.74, 6) is -0.847. The first kappa shape index (κ1) is 17.2. The number of benzene rings is 1. The van der Waals surface area contributed by atoms with Gasteiger partial charge < -0.3 is 15.1 Å². The summed E-state index contributed by atoms with van der Waals surface area (Å²) in [6.07, 6.45) is 3.60. The zero-order chi connectivity index (χ0) is 15.5. The van der Waals surface area contributed by atoms with Gasteiger partial charge in [0.2, 0.25) is 5.91 Å². The molecule has 0 atom stereocenters. The van der Waals surface area contributed by atoms with E-state index in [-0.39, 0.29) is 19.1 Å². The van der Waals surface area contributed by atoms with Gasteiger partial charge in [-0.05, 0) is 18.4 Å². The highest BCUT2D eigenvalue weighted by atomic mass is 16.4. The van der Waals surface area contributed by atoms with Crippen LogP contribution in [0.2, 0.25) is 0 Å². The number of carboxylic acid groups (broad SMARTS) is 1. The van der Waals surface area contributed by atoms with Crippen LogP contribution in [0.3, 0.4) is 0 Å². The van der Waals surface area contributed by atoms with Crippen molar-refractivity contribution in [2.75, 3.05) is 6.73 Å². The molecule has 0 bridgehead atoms. The molecule has 116 valence electrons. The Bertz CT molecular complexity index is 433. The fraction of sp³-hybridized carbons (Fsp3) is 0.500. The minimum absolute atomic E-state index is 0.0698. The van der Waals surface area contributed by atoms with Crippen LogP contribution in [0.15, 0.2) is 30.3 Å². The lowest BCUT2D eigenvalue weighted by molar-refractivity contribution is -0.137. The van der Waals surface area contributed by atoms with E-state index in [1.165, 1.54) is 4.90 Å². The van der Waals surface area contributed by atoms with Crippen LogP contribution < -0.4 is 0 Å². The molecule has 0 saturated heterocycles. The molecule has 0 radical (unpaired) electrons. The van der Waals surface area contributed by atoms with Crippen molar-refractivity contribution in [2.45, 2.75) is 45.1 Å². The number of unbranched alkanes of at least 4 members (excludes halogenated alkanes) is 3. The van der Waals surface area contributed by atoms with Crippen LogP contribution in [0, 0.1) is 0 Å². The molecule has 21 heavy (non-hydrogen) atoms. The van der Waals surface area contributed by atoms with Crippen LogP contribution >= 0.6 is 0 Å². The van der Waals surface area contributed by atoms with Crippen LogP contribution in [0.25, 0.3) is 0 Å². The topological polar surface area (TPSA) is 77.8 Å². The maximum absolute atomic E-state index is 12.0. The summed E-state index contributed by atoms with van der Waals surface area (Å²) in [7, 11) is 0. The van der Waals surface area contributed by atoms with Gasteiger partial charge in [0.1, 0.15) is 6.73 Å². The molecule has 1 aromatic rings. The molecule has 1 amide bonds. The van der Waals surface area contributed by atoms with E-state index in [9.17, 15) is 14.7 Å². The van der Waals surface area contributed by atoms with Gasteiger partial charge in [0.15, 0.2) is 0 Å². The summed E-state index contributed by atoms with van der Waals surface area (Å²) in [6.45, 7) is 0.127. The maximum atomic E-state index is 12.0. The van der Waals surface area contributed by atoms with Crippen molar-refractivity contribution in [1.29, 1.82) is 0 Å². The number of rotatable bonds is 10. The summed E-state index contributed by atoms with van der Waals surface area (Å²) in [5.41, 5.74) is 0.987. The lowest BCUT2D eigenvalue weighted by Crippen LogP contribution is -2.31. The molecule has 0 saturated carbocycles. The molecular formula is C16H23NO4. The third-order valence-electron chi connectivity index (χ3n) is 3.27. The van der Waals surface area contributed by atoms with E-state index < -0.39 is 5.97 Å². The molecule has 0 aliphatic heterocycles. The van der Waals surface area contributed by atoms with Gasteiger partial charge in [-0.15, -0.1) is 0 Å². The molecule has 1 aromatic carbocycles. The van der Waals surface area contributed by atoms with Crippen molar-refractivity contribution in [2.24, 2.45) is 0 Å². The van der Waals surface area contributed by atoms with Crippen LogP contribution in [0.5, 0.6) is 0 Å². The first-order chi connectivity index (χ1) is 10.1. The Morgan fingerprint density at radius 1 is 0.952 bits per heavy atom. The van der Waals surface area contributed by atoms with Gasteiger partial charge >= 0.3 is 5.97 Å². The van der Waals surface area contributed by atoms with Gasteiger partial charge in [-0.3, -0.25) is 9.59 Å². The highest BCUT2D eigenvalue weighted by molar-refractivity contribution is 5.76. The predicted octanol–water partition coefficient (Wildman–Crippen LogP) is 2.39.